The SMILES string of the molecule is CC(C)C(CNC(=O)NCc1ccc2c(c1)OCO2)N1CCOCC1. The topological polar surface area (TPSA) is 72.1 Å². The molecule has 2 amide bonds. The molecule has 1 unspecified atom stereocenters. The first-order valence-electron chi connectivity index (χ1n) is 8.85. The van der Waals surface area contributed by atoms with E-state index in [0.717, 1.165) is 43.4 Å². The number of nitrogens with zero attached hydrogens (tertiary/aromatic N) is 1. The predicted octanol–water partition coefficient (Wildman–Crippen LogP) is 1.57. The van der Waals surface area contributed by atoms with Gasteiger partial charge in [0.1, 0.15) is 0 Å². The van der Waals surface area contributed by atoms with Gasteiger partial charge in [0, 0.05) is 32.2 Å². The Morgan fingerprint density at radius 1 is 1.16 bits per heavy atom. The number of rotatable bonds is 6. The van der Waals surface area contributed by atoms with Crippen molar-refractivity contribution in [3.8, 4) is 11.5 Å². The molecule has 0 aromatic heterocycles. The molecule has 0 radical (unpaired) electrons. The minimum absolute atomic E-state index is 0.156. The lowest BCUT2D eigenvalue weighted by Crippen LogP contribution is -2.52. The Kier molecular flexibility index (Phi) is 5.99. The molecule has 3 rings (SSSR count). The molecule has 2 heterocycles. The third-order valence-corrected chi connectivity index (χ3v) is 4.65. The average molecular weight is 349 g/mol. The molecule has 2 N–H and O–H groups in total. The van der Waals surface area contributed by atoms with Crippen molar-refractivity contribution in [2.45, 2.75) is 26.4 Å². The maximum Gasteiger partial charge on any atom is 0.315 e. The maximum absolute atomic E-state index is 12.1. The van der Waals surface area contributed by atoms with Gasteiger partial charge in [0.05, 0.1) is 13.2 Å². The van der Waals surface area contributed by atoms with E-state index in [1.54, 1.807) is 0 Å². The second-order valence-corrected chi connectivity index (χ2v) is 6.71. The van der Waals surface area contributed by atoms with Crippen LogP contribution in [0.3, 0.4) is 0 Å². The molecule has 1 aromatic rings. The summed E-state index contributed by atoms with van der Waals surface area (Å²) in [6.07, 6.45) is 0. The van der Waals surface area contributed by atoms with Crippen LogP contribution in [0.2, 0.25) is 0 Å². The van der Waals surface area contributed by atoms with Crippen LogP contribution in [0.15, 0.2) is 18.2 Å². The minimum atomic E-state index is -0.156. The molecule has 2 aliphatic rings. The highest BCUT2D eigenvalue weighted by molar-refractivity contribution is 5.73. The Labute approximate surface area is 148 Å². The highest BCUT2D eigenvalue weighted by atomic mass is 16.7. The van der Waals surface area contributed by atoms with Crippen LogP contribution in [-0.4, -0.2) is 56.6 Å². The van der Waals surface area contributed by atoms with Crippen molar-refractivity contribution in [1.29, 1.82) is 0 Å². The third-order valence-electron chi connectivity index (χ3n) is 4.65. The van der Waals surface area contributed by atoms with Gasteiger partial charge in [-0.05, 0) is 23.6 Å². The molecule has 1 atom stereocenters. The van der Waals surface area contributed by atoms with Crippen LogP contribution in [0.4, 0.5) is 4.79 Å². The van der Waals surface area contributed by atoms with Gasteiger partial charge in [-0.2, -0.15) is 0 Å². The molecule has 138 valence electrons. The van der Waals surface area contributed by atoms with Crippen LogP contribution < -0.4 is 20.1 Å². The number of urea groups is 1. The second-order valence-electron chi connectivity index (χ2n) is 6.71. The van der Waals surface area contributed by atoms with Crippen molar-refractivity contribution in [1.82, 2.24) is 15.5 Å². The number of morpholine rings is 1. The molecule has 0 saturated carbocycles. The number of fused-ring (bicyclic) bond motifs is 1. The number of benzene rings is 1. The number of carbonyl (C=O) groups is 1. The summed E-state index contributed by atoms with van der Waals surface area (Å²) in [5.74, 6) is 1.94. The quantitative estimate of drug-likeness (QED) is 0.816. The molecule has 0 aliphatic carbocycles. The van der Waals surface area contributed by atoms with Crippen LogP contribution in [0, 0.1) is 5.92 Å². The van der Waals surface area contributed by atoms with Crippen LogP contribution in [0.1, 0.15) is 19.4 Å². The van der Waals surface area contributed by atoms with Crippen molar-refractivity contribution in [2.24, 2.45) is 5.92 Å². The normalized spacial score (nSPS) is 18.2. The van der Waals surface area contributed by atoms with Crippen LogP contribution >= 0.6 is 0 Å². The van der Waals surface area contributed by atoms with Gasteiger partial charge in [-0.25, -0.2) is 4.79 Å². The molecule has 2 aliphatic heterocycles. The van der Waals surface area contributed by atoms with E-state index in [2.05, 4.69) is 29.4 Å². The van der Waals surface area contributed by atoms with Crippen molar-refractivity contribution in [3.05, 3.63) is 23.8 Å². The van der Waals surface area contributed by atoms with Crippen molar-refractivity contribution in [2.75, 3.05) is 39.6 Å². The lowest BCUT2D eigenvalue weighted by molar-refractivity contribution is 0.00719. The molecular weight excluding hydrogens is 322 g/mol. The van der Waals surface area contributed by atoms with E-state index in [9.17, 15) is 4.79 Å². The molecule has 0 bridgehead atoms. The number of carbonyl (C=O) groups excluding carboxylic acids is 1. The summed E-state index contributed by atoms with van der Waals surface area (Å²) < 4.78 is 16.1. The largest absolute Gasteiger partial charge is 0.454 e. The lowest BCUT2D eigenvalue weighted by Gasteiger charge is -2.36. The van der Waals surface area contributed by atoms with E-state index in [4.69, 9.17) is 14.2 Å². The molecule has 1 fully saturated rings. The van der Waals surface area contributed by atoms with Gasteiger partial charge in [0.25, 0.3) is 0 Å². The number of ether oxygens (including phenoxy) is 3. The van der Waals surface area contributed by atoms with Crippen LogP contribution in [-0.2, 0) is 11.3 Å². The monoisotopic (exact) mass is 349 g/mol. The van der Waals surface area contributed by atoms with Gasteiger partial charge in [-0.15, -0.1) is 0 Å². The summed E-state index contributed by atoms with van der Waals surface area (Å²) in [6.45, 7) is 9.08. The number of hydrogen-bond acceptors (Lipinski definition) is 5. The summed E-state index contributed by atoms with van der Waals surface area (Å²) in [5.41, 5.74) is 0.980. The van der Waals surface area contributed by atoms with Gasteiger partial charge in [-0.1, -0.05) is 19.9 Å². The fraction of sp³-hybridized carbons (Fsp3) is 0.611. The zero-order valence-corrected chi connectivity index (χ0v) is 14.9. The number of nitrogens with one attached hydrogen (secondary N) is 2. The standard InChI is InChI=1S/C18H27N3O4/c1-13(2)15(21-5-7-23-8-6-21)11-20-18(22)19-10-14-3-4-16-17(9-14)25-12-24-16/h3-4,9,13,15H,5-8,10-12H2,1-2H3,(H2,19,20,22). The Morgan fingerprint density at radius 2 is 1.92 bits per heavy atom. The molecule has 0 spiro atoms. The van der Waals surface area contributed by atoms with Gasteiger partial charge in [-0.3, -0.25) is 4.90 Å². The highest BCUT2D eigenvalue weighted by Gasteiger charge is 2.24. The first-order valence-corrected chi connectivity index (χ1v) is 8.85. The van der Waals surface area contributed by atoms with E-state index >= 15 is 0 Å². The van der Waals surface area contributed by atoms with Crippen LogP contribution in [0.5, 0.6) is 11.5 Å². The minimum Gasteiger partial charge on any atom is -0.454 e. The predicted molar refractivity (Wildman–Crippen MR) is 93.8 cm³/mol. The van der Waals surface area contributed by atoms with Crippen LogP contribution in [0.25, 0.3) is 0 Å². The summed E-state index contributed by atoms with van der Waals surface area (Å²) >= 11 is 0. The molecule has 7 nitrogen and oxygen atoms in total. The van der Waals surface area contributed by atoms with Crippen molar-refractivity contribution >= 4 is 6.03 Å². The smallest absolute Gasteiger partial charge is 0.315 e. The van der Waals surface area contributed by atoms with Gasteiger partial charge >= 0.3 is 6.03 Å². The first-order chi connectivity index (χ1) is 12.1. The van der Waals surface area contributed by atoms with E-state index in [0.29, 0.717) is 25.0 Å². The summed E-state index contributed by atoms with van der Waals surface area (Å²) in [4.78, 5) is 14.5. The zero-order valence-electron chi connectivity index (χ0n) is 14.9. The third kappa shape index (κ3) is 4.76. The Bertz CT molecular complexity index is 588. The van der Waals surface area contributed by atoms with Gasteiger partial charge in [0.2, 0.25) is 6.79 Å². The molecular formula is C18H27N3O4. The molecule has 1 saturated heterocycles. The number of amides is 2. The van der Waals surface area contributed by atoms with Crippen molar-refractivity contribution in [3.63, 3.8) is 0 Å². The second kappa shape index (κ2) is 8.40. The van der Waals surface area contributed by atoms with E-state index in [1.807, 2.05) is 18.2 Å². The van der Waals surface area contributed by atoms with E-state index in [-0.39, 0.29) is 12.8 Å². The van der Waals surface area contributed by atoms with E-state index in [1.165, 1.54) is 0 Å². The fourth-order valence-corrected chi connectivity index (χ4v) is 3.19. The Balaban J connectivity index is 1.45. The summed E-state index contributed by atoms with van der Waals surface area (Å²) in [7, 11) is 0. The van der Waals surface area contributed by atoms with Gasteiger partial charge < -0.3 is 24.8 Å². The maximum atomic E-state index is 12.1. The summed E-state index contributed by atoms with van der Waals surface area (Å²) in [5, 5.41) is 5.89. The van der Waals surface area contributed by atoms with E-state index < -0.39 is 0 Å². The fourth-order valence-electron chi connectivity index (χ4n) is 3.19. The first kappa shape index (κ1) is 17.8. The average Bonchev–Trinajstić information content (AvgIpc) is 3.08. The molecule has 25 heavy (non-hydrogen) atoms. The van der Waals surface area contributed by atoms with Crippen molar-refractivity contribution < 1.29 is 19.0 Å². The molecule has 1 aromatic carbocycles. The zero-order chi connectivity index (χ0) is 17.6. The Hall–Kier alpha value is -1.99. The Morgan fingerprint density at radius 3 is 2.68 bits per heavy atom. The molecule has 7 heteroatoms. The lowest BCUT2D eigenvalue weighted by atomic mass is 10.0. The van der Waals surface area contributed by atoms with Gasteiger partial charge in [0.15, 0.2) is 11.5 Å². The number of hydrogen-bond donors (Lipinski definition) is 2. The summed E-state index contributed by atoms with van der Waals surface area (Å²) in [6, 6.07) is 5.85. The highest BCUT2D eigenvalue weighted by Crippen LogP contribution is 2.32.